The maximum absolute atomic E-state index is 13.1. The van der Waals surface area contributed by atoms with Crippen molar-refractivity contribution in [2.45, 2.75) is 17.9 Å². The molecule has 0 aliphatic heterocycles. The maximum atomic E-state index is 13.1. The quantitative estimate of drug-likeness (QED) is 0.421. The van der Waals surface area contributed by atoms with Crippen molar-refractivity contribution in [1.82, 2.24) is 9.55 Å². The van der Waals surface area contributed by atoms with E-state index in [1.807, 2.05) is 0 Å². The second-order valence-electron chi connectivity index (χ2n) is 6.40. The van der Waals surface area contributed by atoms with Gasteiger partial charge in [0.25, 0.3) is 0 Å². The average molecular weight is 449 g/mol. The standard InChI is InChI=1S/C21H18F3N3O3S/c1-30-19(29)15-7-9-16(10-8-15)26-18(28)12-31-20-25-11-17(14-5-3-2-4-6-14)27(20)13-21(22,23)24/h2-11H,12-13H2,1H3,(H,26,28). The van der Waals surface area contributed by atoms with Crippen LogP contribution in [0.25, 0.3) is 11.3 Å². The minimum atomic E-state index is -4.44. The molecule has 0 unspecified atom stereocenters. The van der Waals surface area contributed by atoms with Crippen molar-refractivity contribution < 1.29 is 27.5 Å². The number of amides is 1. The van der Waals surface area contributed by atoms with Crippen molar-refractivity contribution in [2.24, 2.45) is 0 Å². The van der Waals surface area contributed by atoms with Gasteiger partial charge in [-0.1, -0.05) is 42.1 Å². The minimum absolute atomic E-state index is 0.0902. The molecule has 0 spiro atoms. The molecule has 0 aliphatic rings. The smallest absolute Gasteiger partial charge is 0.406 e. The number of hydrogen-bond donors (Lipinski definition) is 1. The first-order valence-corrected chi connectivity index (χ1v) is 10.0. The lowest BCUT2D eigenvalue weighted by atomic mass is 10.2. The fourth-order valence-corrected chi connectivity index (χ4v) is 3.56. The minimum Gasteiger partial charge on any atom is -0.465 e. The van der Waals surface area contributed by atoms with Gasteiger partial charge in [0.1, 0.15) is 6.54 Å². The molecule has 1 amide bonds. The van der Waals surface area contributed by atoms with E-state index in [1.54, 1.807) is 30.3 Å². The highest BCUT2D eigenvalue weighted by molar-refractivity contribution is 7.99. The Morgan fingerprint density at radius 1 is 1.10 bits per heavy atom. The lowest BCUT2D eigenvalue weighted by Crippen LogP contribution is -2.20. The normalized spacial score (nSPS) is 11.2. The van der Waals surface area contributed by atoms with Gasteiger partial charge in [0.2, 0.25) is 5.91 Å². The molecule has 162 valence electrons. The first-order chi connectivity index (χ1) is 14.8. The number of methoxy groups -OCH3 is 1. The van der Waals surface area contributed by atoms with Gasteiger partial charge >= 0.3 is 12.1 Å². The number of benzene rings is 2. The number of halogens is 3. The molecule has 3 rings (SSSR count). The van der Waals surface area contributed by atoms with Gasteiger partial charge in [-0.15, -0.1) is 0 Å². The number of anilines is 1. The number of aromatic nitrogens is 2. The van der Waals surface area contributed by atoms with Gasteiger partial charge < -0.3 is 14.6 Å². The molecule has 1 aromatic heterocycles. The molecule has 10 heteroatoms. The summed E-state index contributed by atoms with van der Waals surface area (Å²) in [4.78, 5) is 27.8. The van der Waals surface area contributed by atoms with Gasteiger partial charge in [-0.3, -0.25) is 4.79 Å². The number of hydrogen-bond acceptors (Lipinski definition) is 5. The number of nitrogens with zero attached hydrogens (tertiary/aromatic N) is 2. The molecule has 1 heterocycles. The van der Waals surface area contributed by atoms with Crippen LogP contribution in [0.2, 0.25) is 0 Å². The van der Waals surface area contributed by atoms with Gasteiger partial charge in [0.15, 0.2) is 5.16 Å². The van der Waals surface area contributed by atoms with Crippen molar-refractivity contribution in [3.63, 3.8) is 0 Å². The number of thioether (sulfide) groups is 1. The highest BCUT2D eigenvalue weighted by Gasteiger charge is 2.31. The molecular formula is C21H18F3N3O3S. The molecule has 31 heavy (non-hydrogen) atoms. The van der Waals surface area contributed by atoms with E-state index in [-0.39, 0.29) is 10.9 Å². The molecule has 0 radical (unpaired) electrons. The lowest BCUT2D eigenvalue weighted by molar-refractivity contribution is -0.141. The Balaban J connectivity index is 1.70. The van der Waals surface area contributed by atoms with Crippen LogP contribution in [0.3, 0.4) is 0 Å². The van der Waals surface area contributed by atoms with Crippen molar-refractivity contribution in [2.75, 3.05) is 18.2 Å². The Bertz CT molecular complexity index is 1050. The Morgan fingerprint density at radius 3 is 2.39 bits per heavy atom. The summed E-state index contributed by atoms with van der Waals surface area (Å²) < 4.78 is 45.0. The number of carbonyl (C=O) groups is 2. The molecule has 0 bridgehead atoms. The maximum Gasteiger partial charge on any atom is 0.406 e. The molecule has 0 saturated carbocycles. The number of carbonyl (C=O) groups excluding carboxylic acids is 2. The van der Waals surface area contributed by atoms with E-state index < -0.39 is 24.6 Å². The third-order valence-electron chi connectivity index (χ3n) is 4.15. The monoisotopic (exact) mass is 449 g/mol. The van der Waals surface area contributed by atoms with E-state index in [9.17, 15) is 22.8 Å². The zero-order valence-corrected chi connectivity index (χ0v) is 17.2. The van der Waals surface area contributed by atoms with Crippen molar-refractivity contribution in [3.8, 4) is 11.3 Å². The summed E-state index contributed by atoms with van der Waals surface area (Å²) in [5, 5.41) is 2.72. The highest BCUT2D eigenvalue weighted by atomic mass is 32.2. The van der Waals surface area contributed by atoms with E-state index in [4.69, 9.17) is 0 Å². The number of rotatable bonds is 7. The first kappa shape index (κ1) is 22.4. The molecule has 2 aromatic carbocycles. The van der Waals surface area contributed by atoms with E-state index in [0.717, 1.165) is 16.3 Å². The number of alkyl halides is 3. The fraction of sp³-hybridized carbons (Fsp3) is 0.190. The third kappa shape index (κ3) is 6.11. The Kier molecular flexibility index (Phi) is 7.01. The average Bonchev–Trinajstić information content (AvgIpc) is 3.13. The van der Waals surface area contributed by atoms with Gasteiger partial charge in [-0.05, 0) is 29.8 Å². The molecule has 1 N–H and O–H groups in total. The second-order valence-corrected chi connectivity index (χ2v) is 7.34. The predicted octanol–water partition coefficient (Wildman–Crippen LogP) is 4.63. The predicted molar refractivity (Wildman–Crippen MR) is 111 cm³/mol. The Labute approximate surface area is 180 Å². The summed E-state index contributed by atoms with van der Waals surface area (Å²) in [6.07, 6.45) is -3.07. The molecule has 6 nitrogen and oxygen atoms in total. The lowest BCUT2D eigenvalue weighted by Gasteiger charge is -2.14. The molecule has 0 fully saturated rings. The highest BCUT2D eigenvalue weighted by Crippen LogP contribution is 2.30. The van der Waals surface area contributed by atoms with Crippen LogP contribution >= 0.6 is 11.8 Å². The summed E-state index contributed by atoms with van der Waals surface area (Å²) in [6.45, 7) is -1.21. The summed E-state index contributed by atoms with van der Waals surface area (Å²) >= 11 is 0.908. The fourth-order valence-electron chi connectivity index (χ4n) is 2.78. The topological polar surface area (TPSA) is 73.2 Å². The summed E-state index contributed by atoms with van der Waals surface area (Å²) in [7, 11) is 1.27. The summed E-state index contributed by atoms with van der Waals surface area (Å²) in [5.41, 5.74) is 1.69. The zero-order chi connectivity index (χ0) is 22.4. The van der Waals surface area contributed by atoms with Crippen molar-refractivity contribution in [1.29, 1.82) is 0 Å². The molecule has 0 aliphatic carbocycles. The van der Waals surface area contributed by atoms with Gasteiger partial charge in [-0.25, -0.2) is 9.78 Å². The number of imidazole rings is 1. The van der Waals surface area contributed by atoms with Crippen LogP contribution in [-0.4, -0.2) is 40.5 Å². The summed E-state index contributed by atoms with van der Waals surface area (Å²) in [5.74, 6) is -1.06. The van der Waals surface area contributed by atoms with Crippen LogP contribution in [0.1, 0.15) is 10.4 Å². The molecule has 0 atom stereocenters. The van der Waals surface area contributed by atoms with Crippen LogP contribution in [0.5, 0.6) is 0 Å². The van der Waals surface area contributed by atoms with Crippen LogP contribution in [-0.2, 0) is 16.1 Å². The second kappa shape index (κ2) is 9.69. The largest absolute Gasteiger partial charge is 0.465 e. The van der Waals surface area contributed by atoms with Crippen LogP contribution in [0.4, 0.5) is 18.9 Å². The van der Waals surface area contributed by atoms with Crippen LogP contribution in [0.15, 0.2) is 66.0 Å². The Hall–Kier alpha value is -3.27. The van der Waals surface area contributed by atoms with E-state index in [0.29, 0.717) is 22.5 Å². The molecular weight excluding hydrogens is 431 g/mol. The first-order valence-electron chi connectivity index (χ1n) is 9.05. The van der Waals surface area contributed by atoms with Gasteiger partial charge in [-0.2, -0.15) is 13.2 Å². The Morgan fingerprint density at radius 2 is 1.77 bits per heavy atom. The number of esters is 1. The van der Waals surface area contributed by atoms with Crippen molar-refractivity contribution >= 4 is 29.3 Å². The van der Waals surface area contributed by atoms with E-state index in [1.165, 1.54) is 37.6 Å². The van der Waals surface area contributed by atoms with Crippen LogP contribution < -0.4 is 5.32 Å². The van der Waals surface area contributed by atoms with Crippen molar-refractivity contribution in [3.05, 3.63) is 66.4 Å². The zero-order valence-electron chi connectivity index (χ0n) is 16.3. The SMILES string of the molecule is COC(=O)c1ccc(NC(=O)CSc2ncc(-c3ccccc3)n2CC(F)(F)F)cc1. The number of nitrogens with one attached hydrogen (secondary N) is 1. The van der Waals surface area contributed by atoms with Gasteiger partial charge in [0, 0.05) is 5.69 Å². The van der Waals surface area contributed by atoms with E-state index >= 15 is 0 Å². The van der Waals surface area contributed by atoms with E-state index in [2.05, 4.69) is 15.0 Å². The van der Waals surface area contributed by atoms with Gasteiger partial charge in [0.05, 0.1) is 30.3 Å². The summed E-state index contributed by atoms with van der Waals surface area (Å²) in [6, 6.07) is 14.7. The van der Waals surface area contributed by atoms with Crippen LogP contribution in [0, 0.1) is 0 Å². The molecule has 3 aromatic rings. The number of ether oxygens (including phenoxy) is 1. The molecule has 0 saturated heterocycles. The third-order valence-corrected chi connectivity index (χ3v) is 5.14.